The predicted octanol–water partition coefficient (Wildman–Crippen LogP) is 0.620. The van der Waals surface area contributed by atoms with E-state index in [1.54, 1.807) is 38.3 Å². The van der Waals surface area contributed by atoms with Crippen molar-refractivity contribution in [1.29, 1.82) is 0 Å². The second-order valence-corrected chi connectivity index (χ2v) is 3.93. The normalized spacial score (nSPS) is 11.6. The molecule has 0 saturated carbocycles. The second-order valence-electron chi connectivity index (χ2n) is 3.93. The first kappa shape index (κ1) is 15.6. The molecule has 0 radical (unpaired) electrons. The highest BCUT2D eigenvalue weighted by atomic mass is 16.6. The molecule has 7 heteroatoms. The predicted molar refractivity (Wildman–Crippen MR) is 73.2 cm³/mol. The van der Waals surface area contributed by atoms with Crippen LogP contribution in [0, 0.1) is 0 Å². The van der Waals surface area contributed by atoms with Crippen LogP contribution in [0.1, 0.15) is 12.5 Å². The molecule has 0 saturated heterocycles. The van der Waals surface area contributed by atoms with E-state index in [1.165, 1.54) is 0 Å². The number of carbonyl (C=O) groups excluding carboxylic acids is 1. The number of nitrogens with two attached hydrogens (primary N) is 2. The Hall–Kier alpha value is -2.41. The lowest BCUT2D eigenvalue weighted by Crippen LogP contribution is -2.40. The fraction of sp³-hybridized carbons (Fsp3) is 0.308. The van der Waals surface area contributed by atoms with Crippen molar-refractivity contribution in [3.63, 3.8) is 0 Å². The zero-order chi connectivity index (χ0) is 15.1. The number of amides is 1. The van der Waals surface area contributed by atoms with E-state index in [9.17, 15) is 9.90 Å². The summed E-state index contributed by atoms with van der Waals surface area (Å²) in [7, 11) is 1.57. The Morgan fingerprint density at radius 3 is 2.45 bits per heavy atom. The Morgan fingerprint density at radius 2 is 1.95 bits per heavy atom. The van der Waals surface area contributed by atoms with Gasteiger partial charge in [-0.1, -0.05) is 12.1 Å². The molecule has 0 spiro atoms. The van der Waals surface area contributed by atoms with E-state index in [2.05, 4.69) is 0 Å². The fourth-order valence-corrected chi connectivity index (χ4v) is 1.46. The van der Waals surface area contributed by atoms with Crippen LogP contribution in [0.2, 0.25) is 0 Å². The minimum absolute atomic E-state index is 0.142. The van der Waals surface area contributed by atoms with Gasteiger partial charge in [-0.3, -0.25) is 9.80 Å². The first-order valence-electron chi connectivity index (χ1n) is 6.00. The summed E-state index contributed by atoms with van der Waals surface area (Å²) in [6.45, 7) is 2.00. The molecule has 110 valence electrons. The average molecular weight is 281 g/mol. The molecule has 0 heterocycles. The lowest BCUT2D eigenvalue weighted by Gasteiger charge is -2.17. The minimum atomic E-state index is -0.716. The van der Waals surface area contributed by atoms with E-state index in [4.69, 9.17) is 21.1 Å². The largest absolute Gasteiger partial charge is 0.497 e. The quantitative estimate of drug-likeness (QED) is 0.232. The van der Waals surface area contributed by atoms with E-state index in [-0.39, 0.29) is 13.2 Å². The molecule has 20 heavy (non-hydrogen) atoms. The maximum Gasteiger partial charge on any atom is 0.306 e. The summed E-state index contributed by atoms with van der Waals surface area (Å²) in [5, 5.41) is 10.3. The van der Waals surface area contributed by atoms with Crippen LogP contribution < -0.4 is 16.3 Å². The van der Waals surface area contributed by atoms with Crippen molar-refractivity contribution in [2.24, 2.45) is 11.6 Å². The van der Waals surface area contributed by atoms with Crippen molar-refractivity contribution in [3.8, 4) is 5.75 Å². The SMILES string of the molecule is CCOC(O)=C(N)C(=O)N(N)Cc1ccc(OC)cc1. The van der Waals surface area contributed by atoms with Gasteiger partial charge in [-0.15, -0.1) is 0 Å². The van der Waals surface area contributed by atoms with Gasteiger partial charge >= 0.3 is 5.95 Å². The molecule has 1 aromatic carbocycles. The molecular weight excluding hydrogens is 262 g/mol. The van der Waals surface area contributed by atoms with E-state index in [0.717, 1.165) is 10.6 Å². The van der Waals surface area contributed by atoms with Gasteiger partial charge in [-0.25, -0.2) is 5.84 Å². The highest BCUT2D eigenvalue weighted by molar-refractivity contribution is 5.92. The Morgan fingerprint density at radius 1 is 1.35 bits per heavy atom. The molecule has 0 atom stereocenters. The molecule has 1 rings (SSSR count). The second kappa shape index (κ2) is 7.25. The summed E-state index contributed by atoms with van der Waals surface area (Å²) >= 11 is 0. The molecule has 0 bridgehead atoms. The van der Waals surface area contributed by atoms with Crippen LogP contribution in [0.15, 0.2) is 35.9 Å². The molecule has 0 unspecified atom stereocenters. The number of aliphatic hydroxyl groups excluding tert-OH is 1. The van der Waals surface area contributed by atoms with Crippen molar-refractivity contribution in [2.75, 3.05) is 13.7 Å². The third-order valence-corrected chi connectivity index (χ3v) is 2.51. The van der Waals surface area contributed by atoms with Crippen LogP contribution >= 0.6 is 0 Å². The Labute approximate surface area is 117 Å². The number of rotatable bonds is 6. The van der Waals surface area contributed by atoms with Crippen LogP contribution in [0.4, 0.5) is 0 Å². The molecule has 1 aromatic rings. The smallest absolute Gasteiger partial charge is 0.306 e. The van der Waals surface area contributed by atoms with Gasteiger partial charge in [0.2, 0.25) is 0 Å². The number of methoxy groups -OCH3 is 1. The first-order valence-corrected chi connectivity index (χ1v) is 6.00. The highest BCUT2D eigenvalue weighted by Crippen LogP contribution is 2.12. The van der Waals surface area contributed by atoms with Crippen LogP contribution in [-0.2, 0) is 16.1 Å². The molecule has 0 aliphatic rings. The van der Waals surface area contributed by atoms with Crippen LogP contribution in [-0.4, -0.2) is 29.7 Å². The highest BCUT2D eigenvalue weighted by Gasteiger charge is 2.18. The molecule has 7 nitrogen and oxygen atoms in total. The Kier molecular flexibility index (Phi) is 5.67. The third kappa shape index (κ3) is 4.06. The third-order valence-electron chi connectivity index (χ3n) is 2.51. The van der Waals surface area contributed by atoms with Crippen molar-refractivity contribution in [2.45, 2.75) is 13.5 Å². The summed E-state index contributed by atoms with van der Waals surface area (Å²) in [6.07, 6.45) is 0. The first-order chi connectivity index (χ1) is 9.49. The molecule has 1 amide bonds. The fourth-order valence-electron chi connectivity index (χ4n) is 1.46. The Bertz CT molecular complexity index is 485. The molecule has 5 N–H and O–H groups in total. The van der Waals surface area contributed by atoms with Gasteiger partial charge in [0.15, 0.2) is 5.70 Å². The van der Waals surface area contributed by atoms with Crippen molar-refractivity contribution in [3.05, 3.63) is 41.5 Å². The maximum atomic E-state index is 11.8. The number of carbonyl (C=O) groups is 1. The standard InChI is InChI=1S/C13H19N3O4/c1-3-20-13(18)11(14)12(17)16(15)8-9-4-6-10(19-2)7-5-9/h4-7,18H,3,8,14-15H2,1-2H3. The molecule has 0 fully saturated rings. The zero-order valence-electron chi connectivity index (χ0n) is 11.5. The lowest BCUT2D eigenvalue weighted by molar-refractivity contribution is -0.128. The summed E-state index contributed by atoms with van der Waals surface area (Å²) in [5.41, 5.74) is 5.83. The van der Waals surface area contributed by atoms with Crippen LogP contribution in [0.5, 0.6) is 5.75 Å². The van der Waals surface area contributed by atoms with Gasteiger partial charge in [0, 0.05) is 0 Å². The molecule has 0 aliphatic carbocycles. The van der Waals surface area contributed by atoms with E-state index < -0.39 is 17.5 Å². The van der Waals surface area contributed by atoms with Gasteiger partial charge in [0.25, 0.3) is 5.91 Å². The summed E-state index contributed by atoms with van der Waals surface area (Å²) in [5.74, 6) is 4.99. The number of hydrazine groups is 1. The number of aliphatic hydroxyl groups is 1. The van der Waals surface area contributed by atoms with Gasteiger partial charge < -0.3 is 20.3 Å². The molecular formula is C13H19N3O4. The topological polar surface area (TPSA) is 111 Å². The number of ether oxygens (including phenoxy) is 2. The summed E-state index contributed by atoms with van der Waals surface area (Å²) in [4.78, 5) is 11.8. The summed E-state index contributed by atoms with van der Waals surface area (Å²) < 4.78 is 9.78. The summed E-state index contributed by atoms with van der Waals surface area (Å²) in [6, 6.07) is 7.05. The monoisotopic (exact) mass is 281 g/mol. The van der Waals surface area contributed by atoms with Crippen LogP contribution in [0.3, 0.4) is 0 Å². The van der Waals surface area contributed by atoms with Crippen molar-refractivity contribution < 1.29 is 19.4 Å². The van der Waals surface area contributed by atoms with E-state index in [0.29, 0.717) is 5.75 Å². The average Bonchev–Trinajstić information content (AvgIpc) is 2.46. The molecule has 0 aromatic heterocycles. The van der Waals surface area contributed by atoms with Gasteiger partial charge in [-0.2, -0.15) is 0 Å². The van der Waals surface area contributed by atoms with Gasteiger partial charge in [0.05, 0.1) is 20.3 Å². The molecule has 0 aliphatic heterocycles. The van der Waals surface area contributed by atoms with E-state index >= 15 is 0 Å². The number of benzene rings is 1. The van der Waals surface area contributed by atoms with E-state index in [1.807, 2.05) is 0 Å². The lowest BCUT2D eigenvalue weighted by atomic mass is 10.2. The van der Waals surface area contributed by atoms with Gasteiger partial charge in [0.1, 0.15) is 5.75 Å². The number of hydrogen-bond donors (Lipinski definition) is 3. The van der Waals surface area contributed by atoms with Crippen molar-refractivity contribution >= 4 is 5.91 Å². The van der Waals surface area contributed by atoms with Crippen LogP contribution in [0.25, 0.3) is 0 Å². The maximum absolute atomic E-state index is 11.8. The number of nitrogens with zero attached hydrogens (tertiary/aromatic N) is 1. The van der Waals surface area contributed by atoms with Crippen molar-refractivity contribution in [1.82, 2.24) is 5.01 Å². The van der Waals surface area contributed by atoms with Gasteiger partial charge in [-0.05, 0) is 24.6 Å². The number of hydrogen-bond acceptors (Lipinski definition) is 6. The zero-order valence-corrected chi connectivity index (χ0v) is 11.5. The minimum Gasteiger partial charge on any atom is -0.497 e. The Balaban J connectivity index is 2.72.